The molecule has 98 valence electrons. The highest BCUT2D eigenvalue weighted by atomic mass is 15.2. The highest BCUT2D eigenvalue weighted by Crippen LogP contribution is 2.45. The summed E-state index contributed by atoms with van der Waals surface area (Å²) in [6.07, 6.45) is 10.3. The molecule has 3 fully saturated rings. The summed E-state index contributed by atoms with van der Waals surface area (Å²) in [6, 6.07) is 0.798. The molecule has 1 atom stereocenters. The van der Waals surface area contributed by atoms with E-state index in [-0.39, 0.29) is 0 Å². The van der Waals surface area contributed by atoms with Gasteiger partial charge in [0.2, 0.25) is 0 Å². The molecule has 3 rings (SSSR count). The molecule has 1 unspecified atom stereocenters. The normalized spacial score (nSPS) is 34.8. The maximum absolute atomic E-state index is 3.78. The largest absolute Gasteiger partial charge is 0.311 e. The molecular formula is C15H28N2. The first-order valence-electron chi connectivity index (χ1n) is 7.71. The highest BCUT2D eigenvalue weighted by Gasteiger charge is 2.40. The Morgan fingerprint density at radius 1 is 1.18 bits per heavy atom. The Morgan fingerprint density at radius 2 is 1.94 bits per heavy atom. The molecule has 2 aliphatic carbocycles. The van der Waals surface area contributed by atoms with Crippen LogP contribution in [0.15, 0.2) is 0 Å². The van der Waals surface area contributed by atoms with Gasteiger partial charge in [-0.05, 0) is 37.0 Å². The zero-order valence-corrected chi connectivity index (χ0v) is 11.4. The van der Waals surface area contributed by atoms with Crippen LogP contribution in [0.2, 0.25) is 0 Å². The highest BCUT2D eigenvalue weighted by molar-refractivity contribution is 4.94. The minimum atomic E-state index is 0.689. The van der Waals surface area contributed by atoms with Gasteiger partial charge in [-0.2, -0.15) is 0 Å². The smallest absolute Gasteiger partial charge is 0.0223 e. The fourth-order valence-electron chi connectivity index (χ4n) is 3.75. The summed E-state index contributed by atoms with van der Waals surface area (Å²) < 4.78 is 0. The van der Waals surface area contributed by atoms with E-state index in [1.54, 1.807) is 0 Å². The summed E-state index contributed by atoms with van der Waals surface area (Å²) in [6.45, 7) is 7.64. The van der Waals surface area contributed by atoms with Crippen LogP contribution in [0, 0.1) is 11.3 Å². The lowest BCUT2D eigenvalue weighted by Gasteiger charge is -2.40. The maximum Gasteiger partial charge on any atom is 0.0223 e. The second-order valence-electron chi connectivity index (χ2n) is 7.00. The van der Waals surface area contributed by atoms with Crippen LogP contribution in [-0.2, 0) is 0 Å². The van der Waals surface area contributed by atoms with Crippen LogP contribution in [0.1, 0.15) is 51.9 Å². The van der Waals surface area contributed by atoms with Gasteiger partial charge in [-0.25, -0.2) is 0 Å². The topological polar surface area (TPSA) is 15.3 Å². The van der Waals surface area contributed by atoms with Crippen LogP contribution in [0.4, 0.5) is 0 Å². The number of piperazine rings is 1. The quantitative estimate of drug-likeness (QED) is 0.810. The zero-order valence-electron chi connectivity index (χ0n) is 11.4. The predicted molar refractivity (Wildman–Crippen MR) is 72.1 cm³/mol. The van der Waals surface area contributed by atoms with Gasteiger partial charge in [-0.1, -0.05) is 26.2 Å². The summed E-state index contributed by atoms with van der Waals surface area (Å²) in [7, 11) is 0. The van der Waals surface area contributed by atoms with Crippen LogP contribution in [0.5, 0.6) is 0 Å². The molecule has 0 aromatic heterocycles. The first kappa shape index (κ1) is 12.0. The fourth-order valence-corrected chi connectivity index (χ4v) is 3.75. The first-order valence-corrected chi connectivity index (χ1v) is 7.71. The molecule has 0 amide bonds. The monoisotopic (exact) mass is 236 g/mol. The number of nitrogens with one attached hydrogen (secondary N) is 1. The molecule has 0 aromatic rings. The van der Waals surface area contributed by atoms with Gasteiger partial charge in [-0.15, -0.1) is 0 Å². The first-order chi connectivity index (χ1) is 8.25. The molecule has 0 spiro atoms. The molecule has 0 aromatic carbocycles. The molecule has 0 radical (unpaired) electrons. The van der Waals surface area contributed by atoms with E-state index in [0.29, 0.717) is 5.41 Å². The Kier molecular flexibility index (Phi) is 3.45. The van der Waals surface area contributed by atoms with Crippen molar-refractivity contribution < 1.29 is 0 Å². The van der Waals surface area contributed by atoms with Gasteiger partial charge in [0.1, 0.15) is 0 Å². The van der Waals surface area contributed by atoms with Crippen LogP contribution >= 0.6 is 0 Å². The lowest BCUT2D eigenvalue weighted by Crippen LogP contribution is -2.54. The van der Waals surface area contributed by atoms with Gasteiger partial charge in [0.25, 0.3) is 0 Å². The Labute approximate surface area is 106 Å². The molecule has 2 saturated carbocycles. The Hall–Kier alpha value is -0.0800. The molecule has 1 saturated heterocycles. The van der Waals surface area contributed by atoms with Crippen molar-refractivity contribution in [2.45, 2.75) is 57.9 Å². The molecular weight excluding hydrogens is 208 g/mol. The number of hydrogen-bond donors (Lipinski definition) is 1. The molecule has 1 aliphatic heterocycles. The van der Waals surface area contributed by atoms with E-state index in [9.17, 15) is 0 Å². The molecule has 3 aliphatic rings. The standard InChI is InChI=1S/C15H28N2/c1-15(7-8-15)12-17-10-9-16-14(11-17)13-5-3-2-4-6-13/h13-14,16H,2-12H2,1H3. The number of hydrogen-bond acceptors (Lipinski definition) is 2. The Balaban J connectivity index is 1.51. The fraction of sp³-hybridized carbons (Fsp3) is 1.00. The Bertz CT molecular complexity index is 254. The van der Waals surface area contributed by atoms with E-state index in [1.807, 2.05) is 0 Å². The third kappa shape index (κ3) is 3.03. The summed E-state index contributed by atoms with van der Waals surface area (Å²) in [5.41, 5.74) is 0.689. The lowest BCUT2D eigenvalue weighted by molar-refractivity contribution is 0.129. The van der Waals surface area contributed by atoms with E-state index in [1.165, 1.54) is 71.1 Å². The van der Waals surface area contributed by atoms with Crippen LogP contribution in [0.3, 0.4) is 0 Å². The lowest BCUT2D eigenvalue weighted by atomic mass is 9.83. The summed E-state index contributed by atoms with van der Waals surface area (Å²) in [5.74, 6) is 0.971. The van der Waals surface area contributed by atoms with Crippen LogP contribution < -0.4 is 5.32 Å². The SMILES string of the molecule is CC1(CN2CCNC(C3CCCCC3)C2)CC1. The second-order valence-corrected chi connectivity index (χ2v) is 7.00. The van der Waals surface area contributed by atoms with E-state index >= 15 is 0 Å². The predicted octanol–water partition coefficient (Wildman–Crippen LogP) is 2.64. The maximum atomic E-state index is 3.78. The zero-order chi connectivity index (χ0) is 11.7. The summed E-state index contributed by atoms with van der Waals surface area (Å²) in [4.78, 5) is 2.74. The third-order valence-corrected chi connectivity index (χ3v) is 5.22. The van der Waals surface area contributed by atoms with E-state index in [4.69, 9.17) is 0 Å². The van der Waals surface area contributed by atoms with E-state index < -0.39 is 0 Å². The summed E-state index contributed by atoms with van der Waals surface area (Å²) >= 11 is 0. The molecule has 2 heteroatoms. The minimum absolute atomic E-state index is 0.689. The van der Waals surface area contributed by atoms with Gasteiger partial charge in [0.15, 0.2) is 0 Å². The molecule has 2 nitrogen and oxygen atoms in total. The van der Waals surface area contributed by atoms with Gasteiger partial charge >= 0.3 is 0 Å². The minimum Gasteiger partial charge on any atom is -0.311 e. The van der Waals surface area contributed by atoms with Gasteiger partial charge in [-0.3, -0.25) is 4.90 Å². The molecule has 1 heterocycles. The van der Waals surface area contributed by atoms with Gasteiger partial charge < -0.3 is 5.32 Å². The van der Waals surface area contributed by atoms with Crippen molar-refractivity contribution in [3.63, 3.8) is 0 Å². The van der Waals surface area contributed by atoms with Crippen molar-refractivity contribution in [1.29, 1.82) is 0 Å². The van der Waals surface area contributed by atoms with Crippen molar-refractivity contribution in [2.24, 2.45) is 11.3 Å². The molecule has 0 bridgehead atoms. The van der Waals surface area contributed by atoms with Crippen molar-refractivity contribution in [3.8, 4) is 0 Å². The van der Waals surface area contributed by atoms with Crippen molar-refractivity contribution in [1.82, 2.24) is 10.2 Å². The summed E-state index contributed by atoms with van der Waals surface area (Å²) in [5, 5.41) is 3.78. The molecule has 1 N–H and O–H groups in total. The average Bonchev–Trinajstić information content (AvgIpc) is 3.08. The van der Waals surface area contributed by atoms with E-state index in [0.717, 1.165) is 12.0 Å². The molecule has 17 heavy (non-hydrogen) atoms. The second kappa shape index (κ2) is 4.89. The third-order valence-electron chi connectivity index (χ3n) is 5.22. The van der Waals surface area contributed by atoms with Gasteiger partial charge in [0.05, 0.1) is 0 Å². The van der Waals surface area contributed by atoms with Crippen molar-refractivity contribution >= 4 is 0 Å². The van der Waals surface area contributed by atoms with Crippen molar-refractivity contribution in [3.05, 3.63) is 0 Å². The van der Waals surface area contributed by atoms with Crippen LogP contribution in [-0.4, -0.2) is 37.1 Å². The van der Waals surface area contributed by atoms with Crippen LogP contribution in [0.25, 0.3) is 0 Å². The van der Waals surface area contributed by atoms with E-state index in [2.05, 4.69) is 17.1 Å². The average molecular weight is 236 g/mol. The Morgan fingerprint density at radius 3 is 2.65 bits per heavy atom. The number of nitrogens with zero attached hydrogens (tertiary/aromatic N) is 1. The van der Waals surface area contributed by atoms with Crippen molar-refractivity contribution in [2.75, 3.05) is 26.2 Å². The van der Waals surface area contributed by atoms with Gasteiger partial charge in [0, 0.05) is 32.2 Å². The number of rotatable bonds is 3.